The van der Waals surface area contributed by atoms with Crippen LogP contribution >= 0.6 is 0 Å². The van der Waals surface area contributed by atoms with Gasteiger partial charge in [-0.25, -0.2) is 8.78 Å². The monoisotopic (exact) mass is 577 g/mol. The number of hydrogen-bond donors (Lipinski definition) is 3. The van der Waals surface area contributed by atoms with E-state index in [2.05, 4.69) is 25.4 Å². The summed E-state index contributed by atoms with van der Waals surface area (Å²) in [6, 6.07) is 6.57. The Morgan fingerprint density at radius 2 is 2.00 bits per heavy atom. The van der Waals surface area contributed by atoms with Gasteiger partial charge in [-0.05, 0) is 69.3 Å². The Balaban J connectivity index is 0.00000329. The van der Waals surface area contributed by atoms with Crippen LogP contribution in [0.2, 0.25) is 0 Å². The van der Waals surface area contributed by atoms with Crippen molar-refractivity contribution >= 4 is 28.6 Å². The van der Waals surface area contributed by atoms with Crippen LogP contribution in [-0.4, -0.2) is 84.7 Å². The van der Waals surface area contributed by atoms with Crippen LogP contribution < -0.4 is 20.3 Å². The smallest absolute Gasteiger partial charge is 0.319 e. The van der Waals surface area contributed by atoms with Gasteiger partial charge in [0.1, 0.15) is 24.1 Å². The van der Waals surface area contributed by atoms with Crippen LogP contribution in [0.5, 0.6) is 6.01 Å². The van der Waals surface area contributed by atoms with E-state index >= 15 is 4.39 Å². The van der Waals surface area contributed by atoms with Gasteiger partial charge in [0, 0.05) is 74.9 Å². The number of aryl methyl sites for hydroxylation is 1. The van der Waals surface area contributed by atoms with E-state index in [0.29, 0.717) is 53.1 Å². The molecule has 4 aliphatic heterocycles. The third kappa shape index (κ3) is 4.41. The van der Waals surface area contributed by atoms with Crippen LogP contribution in [0, 0.1) is 25.1 Å². The topological polar surface area (TPSA) is 89.4 Å². The molecule has 8 nitrogen and oxygen atoms in total. The predicted octanol–water partition coefficient (Wildman–Crippen LogP) is 5.23. The van der Waals surface area contributed by atoms with Crippen LogP contribution in [0.15, 0.2) is 18.2 Å². The Bertz CT molecular complexity index is 1560. The normalized spacial score (nSPS) is 27.1. The Labute approximate surface area is 246 Å². The molecule has 7 rings (SSSR count). The van der Waals surface area contributed by atoms with Gasteiger partial charge in [-0.15, -0.1) is 0 Å². The summed E-state index contributed by atoms with van der Waals surface area (Å²) >= 11 is 0. The first-order valence-corrected chi connectivity index (χ1v) is 15.2. The summed E-state index contributed by atoms with van der Waals surface area (Å²) in [4.78, 5) is 14.0. The maximum absolute atomic E-state index is 16.8. The van der Waals surface area contributed by atoms with Crippen LogP contribution in [0.25, 0.3) is 22.0 Å². The van der Waals surface area contributed by atoms with Crippen molar-refractivity contribution in [2.24, 2.45) is 0 Å². The number of halogens is 2. The molecule has 0 radical (unpaired) electrons. The van der Waals surface area contributed by atoms with E-state index in [-0.39, 0.29) is 25.1 Å². The summed E-state index contributed by atoms with van der Waals surface area (Å²) in [5.74, 6) is 0.245. The number of benzene rings is 2. The summed E-state index contributed by atoms with van der Waals surface area (Å²) in [6.07, 6.45) is 5.01. The number of rotatable bonds is 7. The van der Waals surface area contributed by atoms with Crippen LogP contribution in [0.1, 0.15) is 50.2 Å². The van der Waals surface area contributed by atoms with Gasteiger partial charge in [-0.2, -0.15) is 9.97 Å². The average Bonchev–Trinajstić information content (AvgIpc) is 3.63. The van der Waals surface area contributed by atoms with Crippen molar-refractivity contribution in [3.05, 3.63) is 40.7 Å². The number of nitrogens with zero attached hydrogens (tertiary/aromatic N) is 4. The van der Waals surface area contributed by atoms with E-state index in [1.165, 1.54) is 6.21 Å². The zero-order valence-electron chi connectivity index (χ0n) is 24.6. The van der Waals surface area contributed by atoms with E-state index in [1.54, 1.807) is 7.05 Å². The fourth-order valence-corrected chi connectivity index (χ4v) is 7.90. The number of hydrogen-bond acceptors (Lipinski definition) is 8. The highest BCUT2D eigenvalue weighted by Gasteiger charge is 2.49. The molecule has 0 saturated carbocycles. The first-order valence-electron chi connectivity index (χ1n) is 15.2. The number of fused-ring (bicyclic) bond motifs is 4. The number of ether oxygens (including phenoxy) is 1. The van der Waals surface area contributed by atoms with E-state index in [0.717, 1.165) is 62.0 Å². The highest BCUT2D eigenvalue weighted by Crippen LogP contribution is 2.42. The van der Waals surface area contributed by atoms with E-state index in [1.807, 2.05) is 32.0 Å². The molecule has 0 amide bonds. The molecule has 4 saturated heterocycles. The lowest BCUT2D eigenvalue weighted by Crippen LogP contribution is -2.51. The molecule has 2 bridgehead atoms. The lowest BCUT2D eigenvalue weighted by Gasteiger charge is -2.34. The molecule has 4 atom stereocenters. The van der Waals surface area contributed by atoms with Crippen molar-refractivity contribution in [3.8, 4) is 17.1 Å². The number of aromatic nitrogens is 2. The average molecular weight is 578 g/mol. The highest BCUT2D eigenvalue weighted by atomic mass is 19.1. The predicted molar refractivity (Wildman–Crippen MR) is 165 cm³/mol. The molecule has 2 unspecified atom stereocenters. The lowest BCUT2D eigenvalue weighted by molar-refractivity contribution is 0.107. The minimum Gasteiger partial charge on any atom is -0.461 e. The lowest BCUT2D eigenvalue weighted by atomic mass is 9.91. The van der Waals surface area contributed by atoms with E-state index in [9.17, 15) is 4.39 Å². The molecule has 4 aliphatic rings. The zero-order valence-corrected chi connectivity index (χ0v) is 24.6. The second-order valence-corrected chi connectivity index (χ2v) is 12.6. The maximum Gasteiger partial charge on any atom is 0.319 e. The van der Waals surface area contributed by atoms with Gasteiger partial charge in [-0.1, -0.05) is 6.07 Å². The van der Waals surface area contributed by atoms with Crippen LogP contribution in [0.4, 0.5) is 20.3 Å². The van der Waals surface area contributed by atoms with E-state index in [4.69, 9.17) is 15.1 Å². The number of anilines is 2. The zero-order chi connectivity index (χ0) is 29.2. The molecule has 5 heterocycles. The summed E-state index contributed by atoms with van der Waals surface area (Å²) in [5.41, 5.74) is 4.33. The second kappa shape index (κ2) is 10.4. The molecule has 1 aromatic heterocycles. The molecule has 224 valence electrons. The van der Waals surface area contributed by atoms with Crippen molar-refractivity contribution in [3.63, 3.8) is 0 Å². The third-order valence-electron chi connectivity index (χ3n) is 10.1. The number of piperazine rings is 1. The van der Waals surface area contributed by atoms with Gasteiger partial charge < -0.3 is 25.7 Å². The van der Waals surface area contributed by atoms with Gasteiger partial charge in [0.05, 0.1) is 11.2 Å². The Kier molecular flexibility index (Phi) is 6.81. The van der Waals surface area contributed by atoms with Crippen molar-refractivity contribution in [2.45, 2.75) is 69.7 Å². The standard InChI is InChI=1S/C32H39F2N7O.H2/c1-18-11-20(13-35)28(36-3)26(19(18)2)24-7-8-25-29(27(24)34)38-31(39-30(25)40-15-22-5-6-23(16-40)37-22)42-17-32-9-4-10-41(32)14-21(33)12-32;/h7-8,11,13,21-23,35-37H,4-6,9-10,12,14-17H2,1-3H3;1H/t21-,22?,23?,32+;/m1./s1. The third-order valence-corrected chi connectivity index (χ3v) is 10.1. The molecule has 3 aromatic rings. The van der Waals surface area contributed by atoms with Crippen molar-refractivity contribution in [1.29, 1.82) is 5.41 Å². The van der Waals surface area contributed by atoms with Crippen molar-refractivity contribution in [1.82, 2.24) is 20.2 Å². The van der Waals surface area contributed by atoms with Crippen molar-refractivity contribution in [2.75, 3.05) is 50.1 Å². The van der Waals surface area contributed by atoms with Gasteiger partial charge >= 0.3 is 6.01 Å². The summed E-state index contributed by atoms with van der Waals surface area (Å²) in [6.45, 7) is 7.13. The highest BCUT2D eigenvalue weighted by molar-refractivity contribution is 5.99. The summed E-state index contributed by atoms with van der Waals surface area (Å²) in [5, 5.41) is 15.5. The quantitative estimate of drug-likeness (QED) is 0.331. The summed E-state index contributed by atoms with van der Waals surface area (Å²) < 4.78 is 37.5. The van der Waals surface area contributed by atoms with Crippen molar-refractivity contribution < 1.29 is 14.9 Å². The Morgan fingerprint density at radius 1 is 1.21 bits per heavy atom. The molecule has 0 aliphatic carbocycles. The first kappa shape index (κ1) is 27.5. The molecule has 10 heteroatoms. The largest absolute Gasteiger partial charge is 0.461 e. The molecule has 0 spiro atoms. The number of alkyl halides is 1. The molecule has 4 fully saturated rings. The van der Waals surface area contributed by atoms with E-state index < -0.39 is 12.0 Å². The van der Waals surface area contributed by atoms with Gasteiger partial charge in [0.25, 0.3) is 0 Å². The molecule has 2 aromatic carbocycles. The minimum atomic E-state index is -0.858. The Morgan fingerprint density at radius 3 is 2.74 bits per heavy atom. The SMILES string of the molecule is CNc1c(C=N)cc(C)c(C)c1-c1ccc2c(N3CC4CCC(C3)N4)nc(OC[C@@]34CCCN3C[C@H](F)C4)nc2c1F.[HH]. The van der Waals surface area contributed by atoms with Crippen LogP contribution in [-0.2, 0) is 0 Å². The second-order valence-electron chi connectivity index (χ2n) is 12.6. The fourth-order valence-electron chi connectivity index (χ4n) is 7.90. The van der Waals surface area contributed by atoms with Gasteiger partial charge in [0.2, 0.25) is 0 Å². The minimum absolute atomic E-state index is 0. The molecule has 3 N–H and O–H groups in total. The number of nitrogens with one attached hydrogen (secondary N) is 3. The molecular formula is C32H41F2N7O. The van der Waals surface area contributed by atoms with Crippen LogP contribution in [0.3, 0.4) is 0 Å². The molecule has 42 heavy (non-hydrogen) atoms. The first-order chi connectivity index (χ1) is 20.3. The maximum atomic E-state index is 16.8. The molecular weight excluding hydrogens is 536 g/mol. The van der Waals surface area contributed by atoms with Gasteiger partial charge in [-0.3, -0.25) is 4.90 Å². The van der Waals surface area contributed by atoms with Gasteiger partial charge in [0.15, 0.2) is 5.82 Å². The Hall–Kier alpha value is -3.37. The summed E-state index contributed by atoms with van der Waals surface area (Å²) in [7, 11) is 1.79. The fraction of sp³-hybridized carbons (Fsp3) is 0.531.